The monoisotopic (exact) mass is 360 g/mol. The van der Waals surface area contributed by atoms with Crippen LogP contribution in [0.2, 0.25) is 0 Å². The van der Waals surface area contributed by atoms with Gasteiger partial charge in [0.15, 0.2) is 0 Å². The third-order valence-electron chi connectivity index (χ3n) is 4.94. The first-order valence-electron chi connectivity index (χ1n) is 7.84. The molecule has 130 valence electrons. The summed E-state index contributed by atoms with van der Waals surface area (Å²) in [5.74, 6) is -1.81. The Labute approximate surface area is 148 Å². The lowest BCUT2D eigenvalue weighted by molar-refractivity contribution is -0.164. The number of thioether (sulfide) groups is 1. The van der Waals surface area contributed by atoms with Crippen molar-refractivity contribution in [3.63, 3.8) is 0 Å². The normalized spacial score (nSPS) is 29.4. The Balaban J connectivity index is 1.68. The topological polar surface area (TPSA) is 84.0 Å². The molecule has 2 fully saturated rings. The summed E-state index contributed by atoms with van der Waals surface area (Å²) in [7, 11) is 1.28. The molecule has 1 aromatic carbocycles. The van der Waals surface area contributed by atoms with E-state index in [4.69, 9.17) is 4.74 Å². The minimum Gasteiger partial charge on any atom is -0.467 e. The highest BCUT2D eigenvalue weighted by atomic mass is 32.2. The number of rotatable bonds is 2. The number of β-lactam (4-membered cyclic amide) rings is 1. The molecule has 3 atom stereocenters. The maximum Gasteiger partial charge on any atom is 0.330 e. The summed E-state index contributed by atoms with van der Waals surface area (Å²) < 4.78 is 4.26. The van der Waals surface area contributed by atoms with Gasteiger partial charge in [0.1, 0.15) is 17.5 Å². The molecule has 0 aliphatic carbocycles. The second-order valence-corrected chi connectivity index (χ2v) is 8.52. The van der Waals surface area contributed by atoms with Crippen molar-refractivity contribution in [2.24, 2.45) is 0 Å². The molecule has 0 bridgehead atoms. The summed E-state index contributed by atoms with van der Waals surface area (Å²) in [4.78, 5) is 52.6. The lowest BCUT2D eigenvalue weighted by Gasteiger charge is -2.46. The van der Waals surface area contributed by atoms with Crippen LogP contribution < -0.4 is 0 Å². The number of hydrogen-bond acceptors (Lipinski definition) is 6. The summed E-state index contributed by atoms with van der Waals surface area (Å²) in [5, 5.41) is -0.436. The average molecular weight is 360 g/mol. The van der Waals surface area contributed by atoms with E-state index in [1.165, 1.54) is 23.8 Å². The minimum absolute atomic E-state index is 0.311. The van der Waals surface area contributed by atoms with Gasteiger partial charge in [0.25, 0.3) is 17.7 Å². The summed E-state index contributed by atoms with van der Waals surface area (Å²) in [6.07, 6.45) is 0. The van der Waals surface area contributed by atoms with E-state index in [9.17, 15) is 19.2 Å². The van der Waals surface area contributed by atoms with Crippen LogP contribution in [0.25, 0.3) is 0 Å². The first kappa shape index (κ1) is 16.1. The lowest BCUT2D eigenvalue weighted by Crippen LogP contribution is -2.71. The molecule has 1 aromatic rings. The van der Waals surface area contributed by atoms with Gasteiger partial charge in [-0.25, -0.2) is 4.79 Å². The standard InChI is InChI=1S/C17H16N2O5S/c1-17(2)11(16(23)24-3)19-14(22)10(15(19)25-17)18-12(20)8-6-4-5-7-9(8)13(18)21/h4-7,10-11,15H,1-3H3/t10-,11+,15+/m1/s1. The Hall–Kier alpha value is -2.35. The smallest absolute Gasteiger partial charge is 0.330 e. The van der Waals surface area contributed by atoms with E-state index in [2.05, 4.69) is 0 Å². The van der Waals surface area contributed by atoms with Crippen LogP contribution in [0.4, 0.5) is 0 Å². The van der Waals surface area contributed by atoms with Crippen LogP contribution in [0, 0.1) is 0 Å². The van der Waals surface area contributed by atoms with Crippen LogP contribution in [0.1, 0.15) is 34.6 Å². The fourth-order valence-electron chi connectivity index (χ4n) is 3.78. The summed E-state index contributed by atoms with van der Waals surface area (Å²) in [6, 6.07) is 4.92. The van der Waals surface area contributed by atoms with Crippen LogP contribution in [0.15, 0.2) is 24.3 Å². The van der Waals surface area contributed by atoms with Gasteiger partial charge in [0.05, 0.1) is 18.2 Å². The largest absolute Gasteiger partial charge is 0.467 e. The van der Waals surface area contributed by atoms with E-state index in [-0.39, 0.29) is 0 Å². The molecule has 8 heteroatoms. The minimum atomic E-state index is -0.883. The number of esters is 1. The molecular weight excluding hydrogens is 344 g/mol. The highest BCUT2D eigenvalue weighted by Gasteiger charge is 2.67. The third kappa shape index (κ3) is 1.94. The molecule has 3 amide bonds. The number of amides is 3. The van der Waals surface area contributed by atoms with Crippen molar-refractivity contribution in [3.8, 4) is 0 Å². The van der Waals surface area contributed by atoms with E-state index in [0.29, 0.717) is 11.1 Å². The number of hydrogen-bond donors (Lipinski definition) is 0. The van der Waals surface area contributed by atoms with Gasteiger partial charge in [0, 0.05) is 4.75 Å². The SMILES string of the molecule is COC(=O)[C@@H]1N2C(=O)[C@@H](N3C(=O)c4ccccc4C3=O)[C@@H]2SC1(C)C. The van der Waals surface area contributed by atoms with E-state index < -0.39 is 45.9 Å². The number of methoxy groups -OCH3 is 1. The highest BCUT2D eigenvalue weighted by Crippen LogP contribution is 2.53. The van der Waals surface area contributed by atoms with Crippen LogP contribution in [0.5, 0.6) is 0 Å². The molecule has 3 aliphatic rings. The van der Waals surface area contributed by atoms with Gasteiger partial charge in [-0.3, -0.25) is 19.3 Å². The van der Waals surface area contributed by atoms with Crippen LogP contribution in [-0.4, -0.2) is 62.8 Å². The Morgan fingerprint density at radius 3 is 2.20 bits per heavy atom. The van der Waals surface area contributed by atoms with Crippen molar-refractivity contribution in [3.05, 3.63) is 35.4 Å². The molecule has 3 heterocycles. The molecule has 3 aliphatic heterocycles. The molecule has 25 heavy (non-hydrogen) atoms. The second-order valence-electron chi connectivity index (χ2n) is 6.75. The lowest BCUT2D eigenvalue weighted by atomic mass is 9.95. The summed E-state index contributed by atoms with van der Waals surface area (Å²) in [6.45, 7) is 3.70. The molecule has 4 rings (SSSR count). The summed E-state index contributed by atoms with van der Waals surface area (Å²) >= 11 is 1.41. The Kier molecular flexibility index (Phi) is 3.28. The van der Waals surface area contributed by atoms with Gasteiger partial charge in [-0.1, -0.05) is 12.1 Å². The van der Waals surface area contributed by atoms with Crippen LogP contribution in [0.3, 0.4) is 0 Å². The maximum absolute atomic E-state index is 12.7. The van der Waals surface area contributed by atoms with Crippen molar-refractivity contribution in [2.75, 3.05) is 7.11 Å². The number of carbonyl (C=O) groups is 4. The third-order valence-corrected chi connectivity index (χ3v) is 6.50. The second kappa shape index (κ2) is 5.08. The quantitative estimate of drug-likeness (QED) is 0.442. The van der Waals surface area contributed by atoms with Gasteiger partial charge in [-0.2, -0.15) is 0 Å². The van der Waals surface area contributed by atoms with Gasteiger partial charge < -0.3 is 9.64 Å². The van der Waals surface area contributed by atoms with E-state index >= 15 is 0 Å². The first-order valence-corrected chi connectivity index (χ1v) is 8.72. The Bertz CT molecular complexity index is 801. The number of benzene rings is 1. The predicted molar refractivity (Wildman–Crippen MR) is 88.8 cm³/mol. The molecule has 0 unspecified atom stereocenters. The average Bonchev–Trinajstić information content (AvgIpc) is 2.98. The Morgan fingerprint density at radius 2 is 1.68 bits per heavy atom. The number of imide groups is 1. The zero-order valence-electron chi connectivity index (χ0n) is 13.9. The molecule has 0 spiro atoms. The van der Waals surface area contributed by atoms with E-state index in [1.807, 2.05) is 13.8 Å². The van der Waals surface area contributed by atoms with Crippen molar-refractivity contribution in [1.82, 2.24) is 9.80 Å². The van der Waals surface area contributed by atoms with Crippen molar-refractivity contribution < 1.29 is 23.9 Å². The van der Waals surface area contributed by atoms with Crippen LogP contribution >= 0.6 is 11.8 Å². The van der Waals surface area contributed by atoms with Crippen molar-refractivity contribution >= 4 is 35.5 Å². The fraction of sp³-hybridized carbons (Fsp3) is 0.412. The first-order chi connectivity index (χ1) is 11.8. The van der Waals surface area contributed by atoms with E-state index in [0.717, 1.165) is 4.90 Å². The van der Waals surface area contributed by atoms with Crippen LogP contribution in [-0.2, 0) is 14.3 Å². The predicted octanol–water partition coefficient (Wildman–Crippen LogP) is 0.886. The fourth-order valence-corrected chi connectivity index (χ4v) is 5.45. The molecule has 2 saturated heterocycles. The maximum atomic E-state index is 12.7. The Morgan fingerprint density at radius 1 is 1.12 bits per heavy atom. The molecule has 0 aromatic heterocycles. The highest BCUT2D eigenvalue weighted by molar-refractivity contribution is 8.01. The zero-order valence-corrected chi connectivity index (χ0v) is 14.7. The van der Waals surface area contributed by atoms with Crippen molar-refractivity contribution in [1.29, 1.82) is 0 Å². The van der Waals surface area contributed by atoms with Gasteiger partial charge >= 0.3 is 5.97 Å². The molecule has 0 saturated carbocycles. The van der Waals surface area contributed by atoms with Gasteiger partial charge in [-0.05, 0) is 26.0 Å². The van der Waals surface area contributed by atoms with E-state index in [1.54, 1.807) is 24.3 Å². The molecular formula is C17H16N2O5S. The number of fused-ring (bicyclic) bond motifs is 2. The summed E-state index contributed by atoms with van der Waals surface area (Å²) in [5.41, 5.74) is 0.621. The number of carbonyl (C=O) groups excluding carboxylic acids is 4. The molecule has 7 nitrogen and oxygen atoms in total. The van der Waals surface area contributed by atoms with Gasteiger partial charge in [-0.15, -0.1) is 11.8 Å². The number of nitrogens with zero attached hydrogens (tertiary/aromatic N) is 2. The number of ether oxygens (including phenoxy) is 1. The van der Waals surface area contributed by atoms with Crippen molar-refractivity contribution in [2.45, 2.75) is 36.1 Å². The molecule has 0 radical (unpaired) electrons. The van der Waals surface area contributed by atoms with Gasteiger partial charge in [0.2, 0.25) is 0 Å². The zero-order chi connectivity index (χ0) is 18.1. The molecule has 0 N–H and O–H groups in total.